The zero-order valence-corrected chi connectivity index (χ0v) is 16.0. The lowest BCUT2D eigenvalue weighted by atomic mass is 10.1. The summed E-state index contributed by atoms with van der Waals surface area (Å²) in [6.07, 6.45) is -4.07. The van der Waals surface area contributed by atoms with E-state index in [0.29, 0.717) is 21.2 Å². The second-order valence-electron chi connectivity index (χ2n) is 6.61. The summed E-state index contributed by atoms with van der Waals surface area (Å²) in [5.41, 5.74) is 3.23. The van der Waals surface area contributed by atoms with Gasteiger partial charge in [0.15, 0.2) is 11.5 Å². The van der Waals surface area contributed by atoms with Crippen LogP contribution in [0.3, 0.4) is 0 Å². The van der Waals surface area contributed by atoms with Crippen LogP contribution in [-0.2, 0) is 6.18 Å². The number of carbonyl (C=O) groups excluding carboxylic acids is 2. The summed E-state index contributed by atoms with van der Waals surface area (Å²) in [5.74, 6) is -2.03. The van der Waals surface area contributed by atoms with Crippen molar-refractivity contribution in [2.45, 2.75) is 13.1 Å². The van der Waals surface area contributed by atoms with Crippen molar-refractivity contribution in [1.82, 2.24) is 20.6 Å². The molecule has 0 bridgehead atoms. The van der Waals surface area contributed by atoms with E-state index in [-0.39, 0.29) is 11.4 Å². The molecule has 0 radical (unpaired) electrons. The number of amides is 2. The minimum absolute atomic E-state index is 0.0578. The van der Waals surface area contributed by atoms with Gasteiger partial charge in [0.25, 0.3) is 5.91 Å². The number of aromatic nitrogens is 2. The fourth-order valence-corrected chi connectivity index (χ4v) is 3.18. The van der Waals surface area contributed by atoms with Gasteiger partial charge in [0.2, 0.25) is 0 Å². The Bertz CT molecular complexity index is 1280. The van der Waals surface area contributed by atoms with E-state index in [1.165, 1.54) is 12.1 Å². The number of hydrazine groups is 1. The minimum Gasteiger partial charge on any atom is -0.451 e. The van der Waals surface area contributed by atoms with Crippen molar-refractivity contribution in [2.24, 2.45) is 0 Å². The smallest absolute Gasteiger partial charge is 0.434 e. The van der Waals surface area contributed by atoms with Gasteiger partial charge in [0, 0.05) is 10.9 Å². The molecule has 10 heteroatoms. The summed E-state index contributed by atoms with van der Waals surface area (Å²) in [5, 5.41) is 4.42. The van der Waals surface area contributed by atoms with Crippen LogP contribution in [0, 0.1) is 6.92 Å². The highest BCUT2D eigenvalue weighted by Crippen LogP contribution is 2.33. The van der Waals surface area contributed by atoms with Gasteiger partial charge in [0.1, 0.15) is 5.58 Å². The van der Waals surface area contributed by atoms with Crippen LogP contribution < -0.4 is 10.9 Å². The van der Waals surface area contributed by atoms with Crippen LogP contribution in [0.5, 0.6) is 0 Å². The number of carbonyl (C=O) groups is 2. The summed E-state index contributed by atoms with van der Waals surface area (Å²) in [6.45, 7) is 1.66. The molecule has 31 heavy (non-hydrogen) atoms. The van der Waals surface area contributed by atoms with Gasteiger partial charge in [-0.25, -0.2) is 4.68 Å². The molecule has 0 atom stereocenters. The molecule has 0 aliphatic heterocycles. The van der Waals surface area contributed by atoms with Gasteiger partial charge in [-0.2, -0.15) is 18.3 Å². The Labute approximate surface area is 173 Å². The normalized spacial score (nSPS) is 11.5. The van der Waals surface area contributed by atoms with Crippen LogP contribution in [0.15, 0.2) is 65.2 Å². The second-order valence-corrected chi connectivity index (χ2v) is 6.61. The third-order valence-electron chi connectivity index (χ3n) is 4.62. The fourth-order valence-electron chi connectivity index (χ4n) is 3.18. The molecule has 2 aromatic carbocycles. The van der Waals surface area contributed by atoms with Crippen molar-refractivity contribution in [1.29, 1.82) is 0 Å². The number of aryl methyl sites for hydroxylation is 1. The average molecular weight is 428 g/mol. The van der Waals surface area contributed by atoms with Gasteiger partial charge in [-0.3, -0.25) is 20.4 Å². The Morgan fingerprint density at radius 1 is 0.968 bits per heavy atom. The van der Waals surface area contributed by atoms with Gasteiger partial charge < -0.3 is 4.42 Å². The highest BCUT2D eigenvalue weighted by atomic mass is 19.4. The lowest BCUT2D eigenvalue weighted by Gasteiger charge is -2.13. The molecule has 2 amide bonds. The number of hydrogen-bond acceptors (Lipinski definition) is 4. The first kappa shape index (κ1) is 20.2. The number of benzene rings is 2. The van der Waals surface area contributed by atoms with Gasteiger partial charge in [-0.1, -0.05) is 36.4 Å². The van der Waals surface area contributed by atoms with E-state index in [9.17, 15) is 22.8 Å². The molecule has 0 saturated carbocycles. The Balaban J connectivity index is 1.58. The van der Waals surface area contributed by atoms with E-state index in [0.717, 1.165) is 6.20 Å². The molecule has 0 aliphatic carbocycles. The summed E-state index contributed by atoms with van der Waals surface area (Å²) in [6, 6.07) is 14.5. The zero-order valence-electron chi connectivity index (χ0n) is 16.0. The molecular weight excluding hydrogens is 413 g/mol. The predicted octanol–water partition coefficient (Wildman–Crippen LogP) is 4.02. The molecule has 0 unspecified atom stereocenters. The molecule has 0 aliphatic rings. The third kappa shape index (κ3) is 3.75. The van der Waals surface area contributed by atoms with Crippen LogP contribution >= 0.6 is 0 Å². The molecule has 4 rings (SSSR count). The van der Waals surface area contributed by atoms with Crippen molar-refractivity contribution in [3.63, 3.8) is 0 Å². The van der Waals surface area contributed by atoms with Crippen LogP contribution in [0.1, 0.15) is 32.2 Å². The standard InChI is InChI=1S/C21H15F3N4O3/c1-12-14-9-5-6-10-16(14)31-17(12)20(30)27-26-19(29)15-11-25-28(18(15)21(22,23)24)13-7-3-2-4-8-13/h2-11H,1H3,(H,26,29)(H,27,30). The van der Waals surface area contributed by atoms with E-state index in [1.54, 1.807) is 49.4 Å². The predicted molar refractivity (Wildman–Crippen MR) is 104 cm³/mol. The first-order chi connectivity index (χ1) is 14.8. The van der Waals surface area contributed by atoms with Gasteiger partial charge >= 0.3 is 12.1 Å². The number of furan rings is 1. The number of halogens is 3. The van der Waals surface area contributed by atoms with Crippen LogP contribution in [-0.4, -0.2) is 21.6 Å². The van der Waals surface area contributed by atoms with E-state index < -0.39 is 29.2 Å². The summed E-state index contributed by atoms with van der Waals surface area (Å²) >= 11 is 0. The van der Waals surface area contributed by atoms with E-state index in [1.807, 2.05) is 5.43 Å². The molecule has 158 valence electrons. The number of hydrogen-bond donors (Lipinski definition) is 2. The van der Waals surface area contributed by atoms with Crippen molar-refractivity contribution in [2.75, 3.05) is 0 Å². The molecule has 7 nitrogen and oxygen atoms in total. The van der Waals surface area contributed by atoms with E-state index in [4.69, 9.17) is 4.42 Å². The summed E-state index contributed by atoms with van der Waals surface area (Å²) < 4.78 is 47.1. The number of fused-ring (bicyclic) bond motifs is 1. The fraction of sp³-hybridized carbons (Fsp3) is 0.0952. The van der Waals surface area contributed by atoms with Gasteiger partial charge in [-0.15, -0.1) is 0 Å². The third-order valence-corrected chi connectivity index (χ3v) is 4.62. The van der Waals surface area contributed by atoms with Crippen molar-refractivity contribution < 1.29 is 27.2 Å². The maximum absolute atomic E-state index is 13.7. The maximum Gasteiger partial charge on any atom is 0.434 e. The second kappa shape index (κ2) is 7.63. The minimum atomic E-state index is -4.86. The molecule has 4 aromatic rings. The lowest BCUT2D eigenvalue weighted by molar-refractivity contribution is -0.143. The number of para-hydroxylation sites is 2. The van der Waals surface area contributed by atoms with Gasteiger partial charge in [-0.05, 0) is 25.1 Å². The summed E-state index contributed by atoms with van der Waals surface area (Å²) in [7, 11) is 0. The Morgan fingerprint density at radius 3 is 2.29 bits per heavy atom. The van der Waals surface area contributed by atoms with Crippen LogP contribution in [0.2, 0.25) is 0 Å². The molecule has 0 spiro atoms. The van der Waals surface area contributed by atoms with E-state index in [2.05, 4.69) is 10.5 Å². The van der Waals surface area contributed by atoms with Crippen LogP contribution in [0.25, 0.3) is 16.7 Å². The number of rotatable bonds is 3. The highest BCUT2D eigenvalue weighted by Gasteiger charge is 2.40. The molecule has 2 heterocycles. The topological polar surface area (TPSA) is 89.2 Å². The quantitative estimate of drug-likeness (QED) is 0.483. The largest absolute Gasteiger partial charge is 0.451 e. The number of alkyl halides is 3. The van der Waals surface area contributed by atoms with Crippen molar-refractivity contribution >= 4 is 22.8 Å². The molecule has 2 aromatic heterocycles. The molecular formula is C21H15F3N4O3. The molecule has 0 saturated heterocycles. The van der Waals surface area contributed by atoms with Crippen LogP contribution in [0.4, 0.5) is 13.2 Å². The molecule has 0 fully saturated rings. The SMILES string of the molecule is Cc1c(C(=O)NNC(=O)c2cnn(-c3ccccc3)c2C(F)(F)F)oc2ccccc12. The molecule has 2 N–H and O–H groups in total. The Morgan fingerprint density at radius 2 is 1.61 bits per heavy atom. The van der Waals surface area contributed by atoms with E-state index >= 15 is 0 Å². The first-order valence-corrected chi connectivity index (χ1v) is 9.07. The van der Waals surface area contributed by atoms with Crippen molar-refractivity contribution in [3.05, 3.63) is 83.4 Å². The Kier molecular flexibility index (Phi) is 4.97. The first-order valence-electron chi connectivity index (χ1n) is 9.07. The maximum atomic E-state index is 13.7. The Hall–Kier alpha value is -4.08. The monoisotopic (exact) mass is 428 g/mol. The number of nitrogens with one attached hydrogen (secondary N) is 2. The van der Waals surface area contributed by atoms with Crippen molar-refractivity contribution in [3.8, 4) is 5.69 Å². The zero-order chi connectivity index (χ0) is 22.2. The summed E-state index contributed by atoms with van der Waals surface area (Å²) in [4.78, 5) is 24.9. The highest BCUT2D eigenvalue weighted by molar-refractivity contribution is 6.01. The number of nitrogens with zero attached hydrogens (tertiary/aromatic N) is 2. The average Bonchev–Trinajstić information content (AvgIpc) is 3.35. The lowest BCUT2D eigenvalue weighted by Crippen LogP contribution is -2.42. The van der Waals surface area contributed by atoms with Gasteiger partial charge in [0.05, 0.1) is 17.4 Å².